The Kier molecular flexibility index (Phi) is 2.04. The lowest BCUT2D eigenvalue weighted by Crippen LogP contribution is -2.72. The maximum atomic E-state index is 2.40. The van der Waals surface area contributed by atoms with Crippen molar-refractivity contribution in [3.8, 4) is 16.9 Å². The van der Waals surface area contributed by atoms with E-state index in [1.807, 2.05) is 0 Å². The maximum Gasteiger partial charge on any atom is 0.439 e. The highest BCUT2D eigenvalue weighted by Gasteiger charge is 2.67. The number of hydrogen-bond donors (Lipinski definition) is 0. The molecular weight excluding hydrogens is 294 g/mol. The van der Waals surface area contributed by atoms with Crippen molar-refractivity contribution in [1.82, 2.24) is 4.68 Å². The first-order chi connectivity index (χ1) is 11.9. The summed E-state index contributed by atoms with van der Waals surface area (Å²) in [6.45, 7) is 0. The Labute approximate surface area is 139 Å². The molecule has 0 saturated heterocycles. The third kappa shape index (κ3) is 1.16. The Bertz CT molecular complexity index is 1080. The molecule has 6 rings (SSSR count). The van der Waals surface area contributed by atoms with Crippen molar-refractivity contribution in [2.75, 3.05) is 0 Å². The normalized spacial score (nSPS) is 19.0. The van der Waals surface area contributed by atoms with Gasteiger partial charge in [-0.05, 0) is 35.0 Å². The molecule has 0 N–H and O–H groups in total. The van der Waals surface area contributed by atoms with E-state index in [-0.39, 0.29) is 5.66 Å². The van der Waals surface area contributed by atoms with Gasteiger partial charge in [-0.2, -0.15) is 0 Å². The highest BCUT2D eigenvalue weighted by atomic mass is 15.5. The molecule has 2 aliphatic rings. The number of para-hydroxylation sites is 1. The minimum absolute atomic E-state index is 0.354. The van der Waals surface area contributed by atoms with Crippen LogP contribution in [0.1, 0.15) is 11.1 Å². The van der Waals surface area contributed by atoms with Crippen LogP contribution in [0.3, 0.4) is 0 Å². The van der Waals surface area contributed by atoms with Crippen LogP contribution in [0.2, 0.25) is 0 Å². The molecule has 2 aliphatic heterocycles. The van der Waals surface area contributed by atoms with Crippen molar-refractivity contribution in [3.63, 3.8) is 0 Å². The van der Waals surface area contributed by atoms with Crippen LogP contribution in [-0.2, 0) is 5.66 Å². The monoisotopic (exact) mass is 309 g/mol. The van der Waals surface area contributed by atoms with Gasteiger partial charge in [-0.15, -0.1) is 9.25 Å². The zero-order valence-electron chi connectivity index (χ0n) is 13.0. The predicted molar refractivity (Wildman–Crippen MR) is 89.6 cm³/mol. The maximum absolute atomic E-state index is 2.40. The molecule has 4 heterocycles. The number of aromatic nitrogens is 3. The molecule has 4 aromatic rings. The molecule has 0 unspecified atom stereocenters. The molecular formula is C21H15N3+2. The summed E-state index contributed by atoms with van der Waals surface area (Å²) in [5.74, 6) is 0. The molecule has 0 radical (unpaired) electrons. The molecule has 0 bridgehead atoms. The van der Waals surface area contributed by atoms with Gasteiger partial charge in [0.15, 0.2) is 6.20 Å². The van der Waals surface area contributed by atoms with Crippen molar-refractivity contribution >= 4 is 0 Å². The number of benzene rings is 2. The van der Waals surface area contributed by atoms with E-state index in [1.54, 1.807) is 0 Å². The lowest BCUT2D eigenvalue weighted by Gasteiger charge is -2.14. The van der Waals surface area contributed by atoms with E-state index >= 15 is 0 Å². The summed E-state index contributed by atoms with van der Waals surface area (Å²) in [5, 5.41) is 0. The first kappa shape index (κ1) is 12.3. The van der Waals surface area contributed by atoms with Crippen LogP contribution in [-0.4, -0.2) is 4.68 Å². The fourth-order valence-corrected chi connectivity index (χ4v) is 4.49. The lowest BCUT2D eigenvalue weighted by atomic mass is 9.90. The molecule has 1 spiro atoms. The van der Waals surface area contributed by atoms with Crippen LogP contribution >= 0.6 is 0 Å². The first-order valence-electron chi connectivity index (χ1n) is 8.23. The van der Waals surface area contributed by atoms with Gasteiger partial charge in [0, 0.05) is 18.2 Å². The molecule has 1 atom stereocenters. The van der Waals surface area contributed by atoms with Crippen LogP contribution < -0.4 is 9.25 Å². The third-order valence-electron chi connectivity index (χ3n) is 5.33. The fourth-order valence-electron chi connectivity index (χ4n) is 4.49. The summed E-state index contributed by atoms with van der Waals surface area (Å²) in [6, 6.07) is 26.0. The quantitative estimate of drug-likeness (QED) is 0.383. The van der Waals surface area contributed by atoms with Crippen LogP contribution in [0.25, 0.3) is 16.9 Å². The number of fused-ring (bicyclic) bond motifs is 10. The molecule has 0 amide bonds. The SMILES string of the molecule is c1ccc2c(c1)-c1cccc[n+]1[C@]21c2ccccc2-n2ccc[n+]21. The molecule has 0 saturated carbocycles. The van der Waals surface area contributed by atoms with Gasteiger partial charge in [0.1, 0.15) is 16.8 Å². The van der Waals surface area contributed by atoms with E-state index in [2.05, 4.69) is 105 Å². The van der Waals surface area contributed by atoms with E-state index in [9.17, 15) is 0 Å². The van der Waals surface area contributed by atoms with Crippen molar-refractivity contribution in [2.24, 2.45) is 0 Å². The standard InChI is InChI=1S/C21H15N3/c1-2-9-17-16(8-1)19-11-5-6-13-22(19)21(17)18-10-3-4-12-20(18)23-14-7-15-24(21)23/h1-15H/q+2/t21-/m1/s1. The molecule has 2 aromatic heterocycles. The molecule has 0 fully saturated rings. The summed E-state index contributed by atoms with van der Waals surface area (Å²) in [6.07, 6.45) is 6.51. The second kappa shape index (κ2) is 4.01. The summed E-state index contributed by atoms with van der Waals surface area (Å²) in [7, 11) is 0. The molecule has 3 nitrogen and oxygen atoms in total. The molecule has 112 valence electrons. The second-order valence-corrected chi connectivity index (χ2v) is 6.37. The average molecular weight is 309 g/mol. The lowest BCUT2D eigenvalue weighted by molar-refractivity contribution is -0.987. The Morgan fingerprint density at radius 2 is 1.50 bits per heavy atom. The Morgan fingerprint density at radius 3 is 2.46 bits per heavy atom. The Hall–Kier alpha value is -3.20. The molecule has 24 heavy (non-hydrogen) atoms. The summed E-state index contributed by atoms with van der Waals surface area (Å²) >= 11 is 0. The van der Waals surface area contributed by atoms with E-state index in [1.165, 1.54) is 28.1 Å². The zero-order valence-corrected chi connectivity index (χ0v) is 13.0. The van der Waals surface area contributed by atoms with Gasteiger partial charge in [0.25, 0.3) is 0 Å². The summed E-state index contributed by atoms with van der Waals surface area (Å²) < 4.78 is 6.99. The minimum atomic E-state index is -0.354. The number of hydrogen-bond acceptors (Lipinski definition) is 0. The van der Waals surface area contributed by atoms with Crippen molar-refractivity contribution < 1.29 is 9.25 Å². The van der Waals surface area contributed by atoms with Crippen LogP contribution in [0, 0.1) is 0 Å². The van der Waals surface area contributed by atoms with E-state index < -0.39 is 0 Å². The number of rotatable bonds is 0. The highest BCUT2D eigenvalue weighted by molar-refractivity contribution is 5.68. The zero-order chi connectivity index (χ0) is 15.7. The van der Waals surface area contributed by atoms with Crippen molar-refractivity contribution in [2.45, 2.75) is 5.66 Å². The van der Waals surface area contributed by atoms with Gasteiger partial charge in [0.2, 0.25) is 11.9 Å². The molecule has 3 heteroatoms. The summed E-state index contributed by atoms with van der Waals surface area (Å²) in [5.41, 5.74) is 6.08. The smallest absolute Gasteiger partial charge is 0.124 e. The van der Waals surface area contributed by atoms with E-state index in [0.717, 1.165) is 0 Å². The fraction of sp³-hybridized carbons (Fsp3) is 0.0476. The van der Waals surface area contributed by atoms with Crippen molar-refractivity contribution in [3.05, 3.63) is 103 Å². The first-order valence-corrected chi connectivity index (χ1v) is 8.23. The largest absolute Gasteiger partial charge is 0.439 e. The Balaban J connectivity index is 1.89. The van der Waals surface area contributed by atoms with Gasteiger partial charge < -0.3 is 0 Å². The highest BCUT2D eigenvalue weighted by Crippen LogP contribution is 2.43. The summed E-state index contributed by atoms with van der Waals surface area (Å²) in [4.78, 5) is 0. The molecule has 2 aromatic carbocycles. The van der Waals surface area contributed by atoms with Gasteiger partial charge >= 0.3 is 5.66 Å². The molecule has 0 aliphatic carbocycles. The predicted octanol–water partition coefficient (Wildman–Crippen LogP) is 2.64. The number of pyridine rings is 1. The Morgan fingerprint density at radius 1 is 0.708 bits per heavy atom. The van der Waals surface area contributed by atoms with E-state index in [0.29, 0.717) is 0 Å². The van der Waals surface area contributed by atoms with Gasteiger partial charge in [-0.3, -0.25) is 0 Å². The van der Waals surface area contributed by atoms with Crippen molar-refractivity contribution in [1.29, 1.82) is 0 Å². The third-order valence-corrected chi connectivity index (χ3v) is 5.33. The second-order valence-electron chi connectivity index (χ2n) is 6.37. The van der Waals surface area contributed by atoms with E-state index in [4.69, 9.17) is 0 Å². The van der Waals surface area contributed by atoms with Gasteiger partial charge in [-0.1, -0.05) is 24.3 Å². The van der Waals surface area contributed by atoms with Gasteiger partial charge in [-0.25, -0.2) is 0 Å². The minimum Gasteiger partial charge on any atom is -0.124 e. The van der Waals surface area contributed by atoms with Crippen LogP contribution in [0.4, 0.5) is 0 Å². The van der Waals surface area contributed by atoms with Crippen LogP contribution in [0.15, 0.2) is 91.4 Å². The van der Waals surface area contributed by atoms with Crippen LogP contribution in [0.5, 0.6) is 0 Å². The average Bonchev–Trinajstić information content (AvgIpc) is 3.30. The number of nitrogens with zero attached hydrogens (tertiary/aromatic N) is 3. The topological polar surface area (TPSA) is 12.7 Å². The van der Waals surface area contributed by atoms with Gasteiger partial charge in [0.05, 0.1) is 11.8 Å².